The van der Waals surface area contributed by atoms with Crippen LogP contribution in [-0.2, 0) is 9.59 Å². The molecule has 1 aliphatic heterocycles. The van der Waals surface area contributed by atoms with Gasteiger partial charge in [-0.15, -0.1) is 0 Å². The molecule has 0 bridgehead atoms. The Morgan fingerprint density at radius 3 is 2.72 bits per heavy atom. The van der Waals surface area contributed by atoms with Crippen molar-refractivity contribution in [3.05, 3.63) is 46.7 Å². The Kier molecular flexibility index (Phi) is 4.52. The molecule has 0 saturated heterocycles. The number of rotatable bonds is 3. The van der Waals surface area contributed by atoms with E-state index in [9.17, 15) is 22.8 Å². The van der Waals surface area contributed by atoms with Crippen LogP contribution in [0.3, 0.4) is 0 Å². The van der Waals surface area contributed by atoms with Gasteiger partial charge >= 0.3 is 11.9 Å². The number of carboxylic acid groups (broad SMARTS) is 1. The summed E-state index contributed by atoms with van der Waals surface area (Å²) in [5, 5.41) is 9.29. The van der Waals surface area contributed by atoms with Crippen molar-refractivity contribution in [2.45, 2.75) is 12.5 Å². The Balaban J connectivity index is 1.99. The number of carbonyl (C=O) groups excluding carboxylic acids is 1. The van der Waals surface area contributed by atoms with Gasteiger partial charge in [0.1, 0.15) is 11.3 Å². The van der Waals surface area contributed by atoms with Crippen LogP contribution in [0.25, 0.3) is 10.2 Å². The molecule has 0 saturated carbocycles. The zero-order chi connectivity index (χ0) is 21.1. The normalized spacial score (nSPS) is 21.1. The third-order valence-electron chi connectivity index (χ3n) is 4.63. The van der Waals surface area contributed by atoms with Gasteiger partial charge in [-0.2, -0.15) is 9.47 Å². The quantitative estimate of drug-likeness (QED) is 0.479. The molecule has 29 heavy (non-hydrogen) atoms. The topological polar surface area (TPSA) is 76.5 Å². The molecule has 2 atom stereocenters. The standard InChI is InChI=1S/C18H10ClF3N2O4S/c1-24(18-23-15-14(22)8(20)5-9(21)16(15)29-18)10-4-7(19)2-3-11(10)28-12(17(24)27)6-13(25)26/h2-5,12H,6H2,1H3/p+1. The first-order valence-corrected chi connectivity index (χ1v) is 9.36. The minimum Gasteiger partial charge on any atom is -0.481 e. The van der Waals surface area contributed by atoms with Gasteiger partial charge in [0.25, 0.3) is 5.13 Å². The fourth-order valence-electron chi connectivity index (χ4n) is 3.20. The van der Waals surface area contributed by atoms with Crippen LogP contribution in [0, 0.1) is 17.5 Å². The Morgan fingerprint density at radius 1 is 1.31 bits per heavy atom. The first-order valence-electron chi connectivity index (χ1n) is 8.17. The predicted molar refractivity (Wildman–Crippen MR) is 100.0 cm³/mol. The van der Waals surface area contributed by atoms with Crippen molar-refractivity contribution in [2.24, 2.45) is 0 Å². The van der Waals surface area contributed by atoms with Crippen LogP contribution in [0.5, 0.6) is 5.75 Å². The van der Waals surface area contributed by atoms with E-state index in [-0.39, 0.29) is 26.3 Å². The number of carboxylic acids is 1. The Morgan fingerprint density at radius 2 is 2.03 bits per heavy atom. The van der Waals surface area contributed by atoms with Crippen LogP contribution in [0.2, 0.25) is 5.02 Å². The molecule has 1 aliphatic rings. The van der Waals surface area contributed by atoms with Gasteiger partial charge in [-0.05, 0) is 12.1 Å². The van der Waals surface area contributed by atoms with Gasteiger partial charge < -0.3 is 9.84 Å². The van der Waals surface area contributed by atoms with Crippen LogP contribution in [0.1, 0.15) is 6.42 Å². The maximum Gasteiger partial charge on any atom is 0.367 e. The van der Waals surface area contributed by atoms with Crippen molar-refractivity contribution in [3.63, 3.8) is 0 Å². The molecular formula is C18H11ClF3N2O4S+. The number of ether oxygens (including phenoxy) is 1. The second-order valence-electron chi connectivity index (χ2n) is 6.49. The molecule has 3 aromatic rings. The molecule has 1 aromatic heterocycles. The number of amides is 1. The molecule has 4 rings (SSSR count). The number of fused-ring (bicyclic) bond motifs is 2. The monoisotopic (exact) mass is 443 g/mol. The average molecular weight is 444 g/mol. The fourth-order valence-corrected chi connectivity index (χ4v) is 4.44. The smallest absolute Gasteiger partial charge is 0.367 e. The highest BCUT2D eigenvalue weighted by molar-refractivity contribution is 7.22. The van der Waals surface area contributed by atoms with E-state index in [4.69, 9.17) is 21.4 Å². The SMILES string of the molecule is C[N+]1(c2nc3c(F)c(F)cc(F)c3s2)C(=O)C(CC(=O)O)Oc2ccc(Cl)cc21. The van der Waals surface area contributed by atoms with Crippen LogP contribution < -0.4 is 9.22 Å². The molecule has 6 nitrogen and oxygen atoms in total. The van der Waals surface area contributed by atoms with E-state index in [2.05, 4.69) is 4.98 Å². The Hall–Kier alpha value is -2.69. The molecule has 2 aromatic carbocycles. The molecule has 150 valence electrons. The number of benzene rings is 2. The maximum absolute atomic E-state index is 14.2. The van der Waals surface area contributed by atoms with Crippen LogP contribution in [0.4, 0.5) is 24.0 Å². The number of thiazole rings is 1. The van der Waals surface area contributed by atoms with E-state index in [0.717, 1.165) is 0 Å². The molecule has 1 amide bonds. The number of hydrogen-bond acceptors (Lipinski definition) is 5. The molecule has 11 heteroatoms. The minimum atomic E-state index is -1.41. The second-order valence-corrected chi connectivity index (χ2v) is 7.90. The lowest BCUT2D eigenvalue weighted by molar-refractivity contribution is -0.146. The number of carbonyl (C=O) groups is 2. The first kappa shape index (κ1) is 19.6. The molecular weight excluding hydrogens is 433 g/mol. The number of quaternary nitrogens is 1. The summed E-state index contributed by atoms with van der Waals surface area (Å²) >= 11 is 6.71. The molecule has 0 radical (unpaired) electrons. The maximum atomic E-state index is 14.2. The number of halogens is 4. The summed E-state index contributed by atoms with van der Waals surface area (Å²) in [7, 11) is 1.39. The van der Waals surface area contributed by atoms with Gasteiger partial charge in [-0.1, -0.05) is 22.9 Å². The lowest BCUT2D eigenvalue weighted by Crippen LogP contribution is -2.56. The van der Waals surface area contributed by atoms with Crippen molar-refractivity contribution in [2.75, 3.05) is 7.05 Å². The van der Waals surface area contributed by atoms with Crippen molar-refractivity contribution in [3.8, 4) is 5.75 Å². The van der Waals surface area contributed by atoms with Gasteiger partial charge in [-0.25, -0.2) is 18.0 Å². The third kappa shape index (κ3) is 2.95. The van der Waals surface area contributed by atoms with E-state index >= 15 is 0 Å². The minimum absolute atomic E-state index is 0.0874. The van der Waals surface area contributed by atoms with Gasteiger partial charge in [-0.3, -0.25) is 4.79 Å². The van der Waals surface area contributed by atoms with Crippen molar-refractivity contribution in [1.29, 1.82) is 0 Å². The summed E-state index contributed by atoms with van der Waals surface area (Å²) in [6.07, 6.45) is -2.00. The van der Waals surface area contributed by atoms with Crippen molar-refractivity contribution in [1.82, 2.24) is 9.47 Å². The van der Waals surface area contributed by atoms with Gasteiger partial charge in [0.05, 0.1) is 18.2 Å². The van der Waals surface area contributed by atoms with Crippen LogP contribution in [-0.4, -0.2) is 35.1 Å². The highest BCUT2D eigenvalue weighted by atomic mass is 35.5. The predicted octanol–water partition coefficient (Wildman–Crippen LogP) is 4.40. The fraction of sp³-hybridized carbons (Fsp3) is 0.167. The van der Waals surface area contributed by atoms with E-state index in [1.807, 2.05) is 0 Å². The van der Waals surface area contributed by atoms with Crippen LogP contribution in [0.15, 0.2) is 24.3 Å². The summed E-state index contributed by atoms with van der Waals surface area (Å²) in [4.78, 5) is 28.4. The number of hydrogen-bond donors (Lipinski definition) is 1. The van der Waals surface area contributed by atoms with E-state index < -0.39 is 51.9 Å². The largest absolute Gasteiger partial charge is 0.481 e. The lowest BCUT2D eigenvalue weighted by atomic mass is 10.1. The molecule has 2 unspecified atom stereocenters. The summed E-state index contributed by atoms with van der Waals surface area (Å²) < 4.78 is 46.5. The van der Waals surface area contributed by atoms with Gasteiger partial charge in [0, 0.05) is 17.2 Å². The Labute approximate surface area is 170 Å². The second kappa shape index (κ2) is 6.68. The number of aromatic nitrogens is 1. The lowest BCUT2D eigenvalue weighted by Gasteiger charge is -2.36. The average Bonchev–Trinajstić information content (AvgIpc) is 3.11. The zero-order valence-corrected chi connectivity index (χ0v) is 16.2. The van der Waals surface area contributed by atoms with E-state index in [0.29, 0.717) is 17.4 Å². The van der Waals surface area contributed by atoms with E-state index in [1.165, 1.54) is 25.2 Å². The molecule has 0 fully saturated rings. The summed E-state index contributed by atoms with van der Waals surface area (Å²) in [5.74, 6) is -5.59. The summed E-state index contributed by atoms with van der Waals surface area (Å²) in [6.45, 7) is 0. The highest BCUT2D eigenvalue weighted by Crippen LogP contribution is 2.48. The third-order valence-corrected chi connectivity index (χ3v) is 6.10. The highest BCUT2D eigenvalue weighted by Gasteiger charge is 2.52. The number of aliphatic carboxylic acids is 1. The van der Waals surface area contributed by atoms with Crippen molar-refractivity contribution >= 4 is 55.8 Å². The molecule has 0 aliphatic carbocycles. The molecule has 2 heterocycles. The van der Waals surface area contributed by atoms with Gasteiger partial charge in [0.2, 0.25) is 6.10 Å². The number of nitrogens with zero attached hydrogens (tertiary/aromatic N) is 2. The Bertz CT molecular complexity index is 1200. The first-order chi connectivity index (χ1) is 13.6. The molecule has 0 spiro atoms. The molecule has 1 N–H and O–H groups in total. The zero-order valence-electron chi connectivity index (χ0n) is 14.6. The van der Waals surface area contributed by atoms with Gasteiger partial charge in [0.15, 0.2) is 23.1 Å². The number of likely N-dealkylation sites (N-methyl/N-ethyl adjacent to an activating group) is 1. The summed E-state index contributed by atoms with van der Waals surface area (Å²) in [5.41, 5.74) is -0.344. The summed E-state index contributed by atoms with van der Waals surface area (Å²) in [6, 6.07) is 4.78. The van der Waals surface area contributed by atoms with Crippen LogP contribution >= 0.6 is 22.9 Å². The van der Waals surface area contributed by atoms with E-state index in [1.54, 1.807) is 0 Å². The van der Waals surface area contributed by atoms with Crippen molar-refractivity contribution < 1.29 is 32.6 Å².